The highest BCUT2D eigenvalue weighted by Gasteiger charge is 2.07. The van der Waals surface area contributed by atoms with E-state index in [4.69, 9.17) is 11.6 Å². The standard InChI is InChI=1S/C7H3BrClIN2/c8-7-6-4(10)1-3(9)2-5(6)11-12-7/h1-2H,(H,11,12). The second kappa shape index (κ2) is 3.16. The Morgan fingerprint density at radius 1 is 1.50 bits per heavy atom. The van der Waals surface area contributed by atoms with Crippen molar-refractivity contribution in [2.75, 3.05) is 0 Å². The molecule has 0 bridgehead atoms. The Morgan fingerprint density at radius 3 is 3.00 bits per heavy atom. The van der Waals surface area contributed by atoms with Gasteiger partial charge in [0, 0.05) is 14.0 Å². The van der Waals surface area contributed by atoms with Gasteiger partial charge in [0.1, 0.15) is 4.60 Å². The summed E-state index contributed by atoms with van der Waals surface area (Å²) in [7, 11) is 0. The van der Waals surface area contributed by atoms with Crippen molar-refractivity contribution in [2.45, 2.75) is 0 Å². The molecule has 0 spiro atoms. The van der Waals surface area contributed by atoms with E-state index in [1.54, 1.807) is 0 Å². The van der Waals surface area contributed by atoms with Gasteiger partial charge >= 0.3 is 0 Å². The third-order valence-electron chi connectivity index (χ3n) is 1.53. The molecule has 2 aromatic rings. The average molecular weight is 357 g/mol. The third-order valence-corrected chi connectivity index (χ3v) is 3.17. The van der Waals surface area contributed by atoms with Crippen LogP contribution in [0.4, 0.5) is 0 Å². The first-order valence-corrected chi connectivity index (χ1v) is 5.42. The molecule has 0 aliphatic heterocycles. The zero-order valence-corrected chi connectivity index (χ0v) is 10.2. The smallest absolute Gasteiger partial charge is 0.109 e. The van der Waals surface area contributed by atoms with Crippen molar-refractivity contribution in [3.05, 3.63) is 25.3 Å². The Morgan fingerprint density at radius 2 is 2.25 bits per heavy atom. The van der Waals surface area contributed by atoms with Crippen molar-refractivity contribution in [2.24, 2.45) is 0 Å². The van der Waals surface area contributed by atoms with E-state index < -0.39 is 0 Å². The van der Waals surface area contributed by atoms with E-state index in [0.29, 0.717) is 5.02 Å². The molecule has 12 heavy (non-hydrogen) atoms. The van der Waals surface area contributed by atoms with Gasteiger partial charge in [0.05, 0.1) is 5.52 Å². The van der Waals surface area contributed by atoms with E-state index in [1.807, 2.05) is 12.1 Å². The number of benzene rings is 1. The topological polar surface area (TPSA) is 28.7 Å². The first-order chi connectivity index (χ1) is 5.68. The van der Waals surface area contributed by atoms with Gasteiger partial charge in [-0.3, -0.25) is 5.10 Å². The molecule has 1 aromatic carbocycles. The minimum atomic E-state index is 0.714. The Kier molecular flexibility index (Phi) is 2.31. The Labute approximate surface area is 95.9 Å². The van der Waals surface area contributed by atoms with Crippen LogP contribution < -0.4 is 0 Å². The molecule has 1 N–H and O–H groups in total. The van der Waals surface area contributed by atoms with Gasteiger partial charge < -0.3 is 0 Å². The van der Waals surface area contributed by atoms with Crippen LogP contribution in [0, 0.1) is 3.57 Å². The SMILES string of the molecule is Clc1cc(I)c2c(Br)[nH]nc2c1. The summed E-state index contributed by atoms with van der Waals surface area (Å²) in [6, 6.07) is 3.74. The fourth-order valence-electron chi connectivity index (χ4n) is 1.03. The van der Waals surface area contributed by atoms with Crippen LogP contribution in [0.1, 0.15) is 0 Å². The molecule has 0 amide bonds. The number of H-pyrrole nitrogens is 1. The molecule has 0 saturated heterocycles. The first-order valence-electron chi connectivity index (χ1n) is 3.17. The van der Waals surface area contributed by atoms with Crippen LogP contribution in [-0.2, 0) is 0 Å². The minimum absolute atomic E-state index is 0.714. The molecule has 1 heterocycles. The molecule has 1 aromatic heterocycles. The van der Waals surface area contributed by atoms with Crippen LogP contribution in [0.25, 0.3) is 10.9 Å². The Balaban J connectivity index is 2.93. The lowest BCUT2D eigenvalue weighted by Gasteiger charge is -1.94. The van der Waals surface area contributed by atoms with E-state index in [1.165, 1.54) is 0 Å². The number of hydrogen-bond acceptors (Lipinski definition) is 1. The summed E-state index contributed by atoms with van der Waals surface area (Å²) in [4.78, 5) is 0. The van der Waals surface area contributed by atoms with Gasteiger partial charge in [-0.25, -0.2) is 0 Å². The van der Waals surface area contributed by atoms with Gasteiger partial charge in [0.15, 0.2) is 0 Å². The fourth-order valence-corrected chi connectivity index (χ4v) is 3.18. The van der Waals surface area contributed by atoms with Gasteiger partial charge in [-0.1, -0.05) is 11.6 Å². The number of aromatic nitrogens is 2. The van der Waals surface area contributed by atoms with Gasteiger partial charge in [-0.15, -0.1) is 0 Å². The predicted molar refractivity (Wildman–Crippen MR) is 61.5 cm³/mol. The highest BCUT2D eigenvalue weighted by atomic mass is 127. The summed E-state index contributed by atoms with van der Waals surface area (Å²) < 4.78 is 1.99. The quantitative estimate of drug-likeness (QED) is 0.718. The van der Waals surface area contributed by atoms with Crippen LogP contribution in [0.2, 0.25) is 5.02 Å². The monoisotopic (exact) mass is 356 g/mol. The number of nitrogens with one attached hydrogen (secondary N) is 1. The van der Waals surface area contributed by atoms with Gasteiger partial charge in [0.25, 0.3) is 0 Å². The normalized spacial score (nSPS) is 10.9. The van der Waals surface area contributed by atoms with Crippen molar-refractivity contribution in [3.8, 4) is 0 Å². The summed E-state index contributed by atoms with van der Waals surface area (Å²) in [5.41, 5.74) is 0.888. The second-order valence-corrected chi connectivity index (χ2v) is 4.71. The van der Waals surface area contributed by atoms with Gasteiger partial charge in [-0.2, -0.15) is 5.10 Å². The molecular formula is C7H3BrClIN2. The second-order valence-electron chi connectivity index (χ2n) is 2.32. The summed E-state index contributed by atoms with van der Waals surface area (Å²) in [6.45, 7) is 0. The molecular weight excluding hydrogens is 354 g/mol. The molecule has 0 radical (unpaired) electrons. The molecule has 0 aliphatic rings. The summed E-state index contributed by atoms with van der Waals surface area (Å²) in [5.74, 6) is 0. The van der Waals surface area contributed by atoms with Crippen molar-refractivity contribution < 1.29 is 0 Å². The van der Waals surface area contributed by atoms with E-state index in [2.05, 4.69) is 48.7 Å². The molecule has 0 atom stereocenters. The molecule has 0 fully saturated rings. The molecule has 2 nitrogen and oxygen atoms in total. The van der Waals surface area contributed by atoms with Crippen LogP contribution in [0.15, 0.2) is 16.7 Å². The third kappa shape index (κ3) is 1.36. The highest BCUT2D eigenvalue weighted by molar-refractivity contribution is 14.1. The van der Waals surface area contributed by atoms with Crippen LogP contribution in [0.3, 0.4) is 0 Å². The van der Waals surface area contributed by atoms with E-state index in [0.717, 1.165) is 19.1 Å². The number of halogens is 3. The van der Waals surface area contributed by atoms with Crippen molar-refractivity contribution in [1.82, 2.24) is 10.2 Å². The fraction of sp³-hybridized carbons (Fsp3) is 0. The zero-order chi connectivity index (χ0) is 8.72. The highest BCUT2D eigenvalue weighted by Crippen LogP contribution is 2.28. The van der Waals surface area contributed by atoms with Crippen LogP contribution in [-0.4, -0.2) is 10.2 Å². The lowest BCUT2D eigenvalue weighted by Crippen LogP contribution is -1.74. The molecule has 0 unspecified atom stereocenters. The number of aromatic amines is 1. The first kappa shape index (κ1) is 8.77. The van der Waals surface area contributed by atoms with E-state index in [9.17, 15) is 0 Å². The molecule has 62 valence electrons. The number of fused-ring (bicyclic) bond motifs is 1. The molecule has 0 saturated carbocycles. The maximum Gasteiger partial charge on any atom is 0.109 e. The van der Waals surface area contributed by atoms with E-state index >= 15 is 0 Å². The minimum Gasteiger partial charge on any atom is -0.270 e. The maximum atomic E-state index is 5.86. The molecule has 5 heteroatoms. The van der Waals surface area contributed by atoms with Crippen LogP contribution in [0.5, 0.6) is 0 Å². The van der Waals surface area contributed by atoms with E-state index in [-0.39, 0.29) is 0 Å². The maximum absolute atomic E-state index is 5.86. The summed E-state index contributed by atoms with van der Waals surface area (Å²) in [5, 5.41) is 8.72. The Bertz CT molecular complexity index is 440. The Hall–Kier alpha value is 0.190. The van der Waals surface area contributed by atoms with Gasteiger partial charge in [0.2, 0.25) is 0 Å². The summed E-state index contributed by atoms with van der Waals surface area (Å²) in [6.07, 6.45) is 0. The lowest BCUT2D eigenvalue weighted by atomic mass is 10.3. The molecule has 2 rings (SSSR count). The van der Waals surface area contributed by atoms with Crippen LogP contribution >= 0.6 is 50.1 Å². The van der Waals surface area contributed by atoms with Crippen molar-refractivity contribution in [1.29, 1.82) is 0 Å². The largest absolute Gasteiger partial charge is 0.270 e. The number of rotatable bonds is 0. The number of nitrogens with zero attached hydrogens (tertiary/aromatic N) is 1. The molecule has 0 aliphatic carbocycles. The lowest BCUT2D eigenvalue weighted by molar-refractivity contribution is 1.10. The van der Waals surface area contributed by atoms with Crippen molar-refractivity contribution >= 4 is 61.0 Å². The predicted octanol–water partition coefficient (Wildman–Crippen LogP) is 3.58. The summed E-state index contributed by atoms with van der Waals surface area (Å²) >= 11 is 11.5. The van der Waals surface area contributed by atoms with Crippen molar-refractivity contribution in [3.63, 3.8) is 0 Å². The zero-order valence-electron chi connectivity index (χ0n) is 5.74. The number of hydrogen-bond donors (Lipinski definition) is 1. The average Bonchev–Trinajstić information content (AvgIpc) is 2.31. The van der Waals surface area contributed by atoms with Gasteiger partial charge in [-0.05, 0) is 50.7 Å².